The molecule has 0 bridgehead atoms. The van der Waals surface area contributed by atoms with Crippen LogP contribution in [0.2, 0.25) is 0 Å². The fourth-order valence-electron chi connectivity index (χ4n) is 0.888. The first-order chi connectivity index (χ1) is 5.57. The van der Waals surface area contributed by atoms with Crippen molar-refractivity contribution in [2.75, 3.05) is 13.1 Å². The molecule has 0 aliphatic rings. The van der Waals surface area contributed by atoms with Crippen LogP contribution in [0.5, 0.6) is 0 Å². The van der Waals surface area contributed by atoms with Gasteiger partial charge >= 0.3 is 0 Å². The fourth-order valence-corrected chi connectivity index (χ4v) is 0.888. The quantitative estimate of drug-likeness (QED) is 0.635. The van der Waals surface area contributed by atoms with Crippen LogP contribution in [0.4, 0.5) is 0 Å². The van der Waals surface area contributed by atoms with Crippen molar-refractivity contribution >= 4 is 5.78 Å². The van der Waals surface area contributed by atoms with E-state index in [1.807, 2.05) is 27.7 Å². The lowest BCUT2D eigenvalue weighted by molar-refractivity contribution is -0.117. The van der Waals surface area contributed by atoms with Gasteiger partial charge in [0.25, 0.3) is 0 Å². The van der Waals surface area contributed by atoms with Crippen LogP contribution < -0.4 is 5.32 Å². The highest BCUT2D eigenvalue weighted by atomic mass is 16.1. The van der Waals surface area contributed by atoms with Crippen molar-refractivity contribution in [1.82, 2.24) is 5.32 Å². The van der Waals surface area contributed by atoms with Gasteiger partial charge in [-0.2, -0.15) is 0 Å². The molecule has 0 saturated heterocycles. The summed E-state index contributed by atoms with van der Waals surface area (Å²) in [6, 6.07) is 0. The molecule has 12 heavy (non-hydrogen) atoms. The number of carbonyl (C=O) groups is 1. The van der Waals surface area contributed by atoms with Gasteiger partial charge < -0.3 is 5.32 Å². The molecule has 0 spiro atoms. The molecule has 0 amide bonds. The van der Waals surface area contributed by atoms with Crippen molar-refractivity contribution in [3.8, 4) is 0 Å². The first kappa shape index (κ1) is 11.4. The molecule has 1 unspecified atom stereocenters. The summed E-state index contributed by atoms with van der Waals surface area (Å²) in [5.41, 5.74) is 1.07. The van der Waals surface area contributed by atoms with Gasteiger partial charge in [-0.3, -0.25) is 4.79 Å². The van der Waals surface area contributed by atoms with E-state index in [0.29, 0.717) is 0 Å². The molecular formula is C10H19NO. The van der Waals surface area contributed by atoms with E-state index < -0.39 is 0 Å². The number of rotatable bonds is 5. The molecule has 0 fully saturated rings. The molecule has 70 valence electrons. The first-order valence-electron chi connectivity index (χ1n) is 4.47. The molecule has 0 rings (SSSR count). The Morgan fingerprint density at radius 2 is 2.08 bits per heavy atom. The number of nitrogens with one attached hydrogen (secondary N) is 1. The third-order valence-corrected chi connectivity index (χ3v) is 1.62. The Morgan fingerprint density at radius 1 is 1.50 bits per heavy atom. The van der Waals surface area contributed by atoms with Crippen molar-refractivity contribution in [1.29, 1.82) is 0 Å². The smallest absolute Gasteiger partial charge is 0.159 e. The molecule has 0 saturated carbocycles. The molecule has 0 aromatic carbocycles. The van der Waals surface area contributed by atoms with Crippen molar-refractivity contribution in [2.24, 2.45) is 5.92 Å². The van der Waals surface area contributed by atoms with E-state index in [4.69, 9.17) is 0 Å². The molecule has 0 aromatic rings. The van der Waals surface area contributed by atoms with Crippen LogP contribution in [-0.2, 0) is 4.79 Å². The van der Waals surface area contributed by atoms with Crippen LogP contribution in [0.3, 0.4) is 0 Å². The highest BCUT2D eigenvalue weighted by molar-refractivity contribution is 5.92. The molecule has 2 nitrogen and oxygen atoms in total. The Morgan fingerprint density at radius 3 is 2.50 bits per heavy atom. The molecule has 0 aromatic heterocycles. The third-order valence-electron chi connectivity index (χ3n) is 1.62. The number of hydrogen-bond donors (Lipinski definition) is 1. The van der Waals surface area contributed by atoms with Gasteiger partial charge in [0.05, 0.1) is 0 Å². The summed E-state index contributed by atoms with van der Waals surface area (Å²) in [5.74, 6) is 0.316. The van der Waals surface area contributed by atoms with Crippen LogP contribution >= 0.6 is 0 Å². The van der Waals surface area contributed by atoms with Gasteiger partial charge in [-0.25, -0.2) is 0 Å². The van der Waals surface area contributed by atoms with Crippen molar-refractivity contribution in [3.05, 3.63) is 11.6 Å². The molecule has 0 heterocycles. The van der Waals surface area contributed by atoms with Gasteiger partial charge in [0.1, 0.15) is 0 Å². The summed E-state index contributed by atoms with van der Waals surface area (Å²) in [6.07, 6.45) is 1.71. The predicted octanol–water partition coefficient (Wildman–Crippen LogP) is 1.77. The van der Waals surface area contributed by atoms with Crippen molar-refractivity contribution in [2.45, 2.75) is 27.7 Å². The minimum atomic E-state index is 0.0971. The minimum Gasteiger partial charge on any atom is -0.316 e. The zero-order valence-corrected chi connectivity index (χ0v) is 8.48. The summed E-state index contributed by atoms with van der Waals surface area (Å²) in [7, 11) is 0. The van der Waals surface area contributed by atoms with Gasteiger partial charge in [0.15, 0.2) is 5.78 Å². The predicted molar refractivity (Wildman–Crippen MR) is 52.1 cm³/mol. The topological polar surface area (TPSA) is 29.1 Å². The van der Waals surface area contributed by atoms with E-state index in [2.05, 4.69) is 5.32 Å². The van der Waals surface area contributed by atoms with E-state index in [1.54, 1.807) is 6.08 Å². The Hall–Kier alpha value is -0.630. The Balaban J connectivity index is 3.85. The molecule has 0 aliphatic carbocycles. The standard InChI is InChI=1S/C10H19NO/c1-5-11-7-9(4)10(12)6-8(2)3/h6,9,11H,5,7H2,1-4H3. The second-order valence-corrected chi connectivity index (χ2v) is 3.33. The first-order valence-corrected chi connectivity index (χ1v) is 4.47. The average Bonchev–Trinajstić information content (AvgIpc) is 1.98. The second-order valence-electron chi connectivity index (χ2n) is 3.33. The van der Waals surface area contributed by atoms with Crippen LogP contribution in [0.1, 0.15) is 27.7 Å². The van der Waals surface area contributed by atoms with E-state index in [0.717, 1.165) is 18.7 Å². The van der Waals surface area contributed by atoms with Crippen LogP contribution in [0, 0.1) is 5.92 Å². The number of hydrogen-bond acceptors (Lipinski definition) is 2. The maximum Gasteiger partial charge on any atom is 0.159 e. The Bertz CT molecular complexity index is 169. The molecular weight excluding hydrogens is 150 g/mol. The molecule has 0 aliphatic heterocycles. The van der Waals surface area contributed by atoms with E-state index in [-0.39, 0.29) is 11.7 Å². The third kappa shape index (κ3) is 5.08. The van der Waals surface area contributed by atoms with E-state index in [9.17, 15) is 4.79 Å². The van der Waals surface area contributed by atoms with Gasteiger partial charge in [0, 0.05) is 12.5 Å². The normalized spacial score (nSPS) is 12.3. The molecule has 0 radical (unpaired) electrons. The minimum absolute atomic E-state index is 0.0971. The number of ketones is 1. The Kier molecular flexibility index (Phi) is 5.64. The molecule has 1 atom stereocenters. The Labute approximate surface area is 75.0 Å². The fraction of sp³-hybridized carbons (Fsp3) is 0.700. The maximum atomic E-state index is 11.3. The van der Waals surface area contributed by atoms with Gasteiger partial charge in [0.2, 0.25) is 0 Å². The van der Waals surface area contributed by atoms with Gasteiger partial charge in [-0.15, -0.1) is 0 Å². The molecule has 2 heteroatoms. The summed E-state index contributed by atoms with van der Waals surface area (Å²) in [6.45, 7) is 9.57. The number of allylic oxidation sites excluding steroid dienone is 2. The van der Waals surface area contributed by atoms with Gasteiger partial charge in [-0.05, 0) is 26.5 Å². The summed E-state index contributed by atoms with van der Waals surface area (Å²) >= 11 is 0. The van der Waals surface area contributed by atoms with Crippen LogP contribution in [-0.4, -0.2) is 18.9 Å². The largest absolute Gasteiger partial charge is 0.316 e. The lowest BCUT2D eigenvalue weighted by Crippen LogP contribution is -2.25. The average molecular weight is 169 g/mol. The SMILES string of the molecule is CCNCC(C)C(=O)C=C(C)C. The highest BCUT2D eigenvalue weighted by Crippen LogP contribution is 1.99. The van der Waals surface area contributed by atoms with Crippen LogP contribution in [0.15, 0.2) is 11.6 Å². The lowest BCUT2D eigenvalue weighted by Gasteiger charge is -2.07. The van der Waals surface area contributed by atoms with Gasteiger partial charge in [-0.1, -0.05) is 19.4 Å². The summed E-state index contributed by atoms with van der Waals surface area (Å²) < 4.78 is 0. The van der Waals surface area contributed by atoms with E-state index in [1.165, 1.54) is 0 Å². The van der Waals surface area contributed by atoms with Crippen molar-refractivity contribution < 1.29 is 4.79 Å². The van der Waals surface area contributed by atoms with Crippen molar-refractivity contribution in [3.63, 3.8) is 0 Å². The molecule has 1 N–H and O–H groups in total. The zero-order chi connectivity index (χ0) is 9.56. The number of carbonyl (C=O) groups excluding carboxylic acids is 1. The van der Waals surface area contributed by atoms with E-state index >= 15 is 0 Å². The maximum absolute atomic E-state index is 11.3. The second kappa shape index (κ2) is 5.95. The lowest BCUT2D eigenvalue weighted by atomic mass is 10.1. The zero-order valence-electron chi connectivity index (χ0n) is 8.48. The monoisotopic (exact) mass is 169 g/mol. The van der Waals surface area contributed by atoms with Crippen LogP contribution in [0.25, 0.3) is 0 Å². The highest BCUT2D eigenvalue weighted by Gasteiger charge is 2.08. The summed E-state index contributed by atoms with van der Waals surface area (Å²) in [4.78, 5) is 11.3. The summed E-state index contributed by atoms with van der Waals surface area (Å²) in [5, 5.41) is 3.15.